The molecule has 1 unspecified atom stereocenters. The first kappa shape index (κ1) is 20.3. The zero-order valence-corrected chi connectivity index (χ0v) is 14.5. The fourth-order valence-corrected chi connectivity index (χ4v) is 2.05. The molecule has 0 spiro atoms. The van der Waals surface area contributed by atoms with Gasteiger partial charge in [-0.05, 0) is 25.1 Å². The first-order valence-electron chi connectivity index (χ1n) is 7.45. The van der Waals surface area contributed by atoms with Gasteiger partial charge < -0.3 is 20.4 Å². The molecule has 0 radical (unpaired) electrons. The number of hydrogen-bond acceptors (Lipinski definition) is 4. The number of nitrogens with one attached hydrogen (secondary N) is 3. The van der Waals surface area contributed by atoms with Gasteiger partial charge in [-0.25, -0.2) is 18.0 Å². The van der Waals surface area contributed by atoms with Crippen LogP contribution in [0.4, 0.5) is 18.9 Å². The molecule has 0 fully saturated rings. The molecule has 1 aromatic carbocycles. The van der Waals surface area contributed by atoms with Gasteiger partial charge in [0, 0.05) is 6.20 Å². The largest absolute Gasteiger partial charge is 0.448 e. The molecular weight excluding hydrogens is 391 g/mol. The van der Waals surface area contributed by atoms with Crippen molar-refractivity contribution in [2.24, 2.45) is 0 Å². The summed E-state index contributed by atoms with van der Waals surface area (Å²) in [6.07, 6.45) is 0.109. The Morgan fingerprint density at radius 2 is 1.93 bits per heavy atom. The number of anilines is 1. The summed E-state index contributed by atoms with van der Waals surface area (Å²) < 4.78 is 44.3. The molecule has 0 aliphatic rings. The van der Waals surface area contributed by atoms with E-state index in [1.54, 1.807) is 0 Å². The maximum atomic E-state index is 13.5. The predicted molar refractivity (Wildman–Crippen MR) is 88.6 cm³/mol. The number of hydrogen-bond donors (Lipinski definition) is 3. The second kappa shape index (κ2) is 8.58. The van der Waals surface area contributed by atoms with Gasteiger partial charge in [-0.2, -0.15) is 0 Å². The number of aromatic amines is 1. The van der Waals surface area contributed by atoms with Crippen molar-refractivity contribution < 1.29 is 32.3 Å². The summed E-state index contributed by atoms with van der Waals surface area (Å²) in [7, 11) is 0. The fourth-order valence-electron chi connectivity index (χ4n) is 1.89. The van der Waals surface area contributed by atoms with E-state index in [4.69, 9.17) is 16.3 Å². The Kier molecular flexibility index (Phi) is 6.45. The number of rotatable bonds is 6. The summed E-state index contributed by atoms with van der Waals surface area (Å²) in [6.45, 7) is 0.651. The van der Waals surface area contributed by atoms with Crippen LogP contribution in [0.5, 0.6) is 0 Å². The van der Waals surface area contributed by atoms with Crippen molar-refractivity contribution in [2.45, 2.75) is 13.0 Å². The molecule has 0 saturated carbocycles. The summed E-state index contributed by atoms with van der Waals surface area (Å²) in [6, 6.07) is 2.78. The van der Waals surface area contributed by atoms with Crippen LogP contribution in [0.3, 0.4) is 0 Å². The van der Waals surface area contributed by atoms with Crippen LogP contribution in [-0.4, -0.2) is 35.4 Å². The topological polar surface area (TPSA) is 100 Å². The molecule has 27 heavy (non-hydrogen) atoms. The molecule has 11 heteroatoms. The Hall–Kier alpha value is -3.01. The molecule has 3 N–H and O–H groups in total. The maximum absolute atomic E-state index is 13.5. The molecule has 0 saturated heterocycles. The lowest BCUT2D eigenvalue weighted by atomic mass is 10.2. The van der Waals surface area contributed by atoms with Crippen LogP contribution in [0, 0.1) is 17.5 Å². The molecular formula is C16H13ClF3N3O4. The molecule has 144 valence electrons. The number of aromatic nitrogens is 1. The van der Waals surface area contributed by atoms with Crippen LogP contribution in [0.15, 0.2) is 24.4 Å². The Bertz CT molecular complexity index is 888. The van der Waals surface area contributed by atoms with E-state index < -0.39 is 53.6 Å². The fraction of sp³-hybridized carbons (Fsp3) is 0.188. The van der Waals surface area contributed by atoms with Gasteiger partial charge in [-0.15, -0.1) is 0 Å². The third-order valence-corrected chi connectivity index (χ3v) is 3.47. The molecule has 2 amide bonds. The van der Waals surface area contributed by atoms with Crippen LogP contribution in [0.2, 0.25) is 5.02 Å². The van der Waals surface area contributed by atoms with E-state index >= 15 is 0 Å². The minimum Gasteiger partial charge on any atom is -0.448 e. The smallest absolute Gasteiger partial charge is 0.355 e. The van der Waals surface area contributed by atoms with Gasteiger partial charge in [0.15, 0.2) is 23.6 Å². The standard InChI is InChI=1S/C16H13ClF3N3O4/c1-7(27-16(26)11-4-8(17)5-21-11)15(25)22-6-12(24)23-10-3-2-9(18)13(19)14(10)20/h2-5,7,21H,6H2,1H3,(H,22,25)(H,23,24). The highest BCUT2D eigenvalue weighted by Gasteiger charge is 2.21. The summed E-state index contributed by atoms with van der Waals surface area (Å²) in [5, 5.41) is 4.41. The third-order valence-electron chi connectivity index (χ3n) is 3.25. The van der Waals surface area contributed by atoms with E-state index in [1.807, 2.05) is 5.32 Å². The van der Waals surface area contributed by atoms with Crippen LogP contribution >= 0.6 is 11.6 Å². The van der Waals surface area contributed by atoms with Crippen molar-refractivity contribution in [3.05, 3.63) is 52.6 Å². The first-order valence-corrected chi connectivity index (χ1v) is 7.82. The van der Waals surface area contributed by atoms with Crippen molar-refractivity contribution in [1.82, 2.24) is 10.3 Å². The minimum absolute atomic E-state index is 0.0335. The molecule has 2 rings (SSSR count). The Balaban J connectivity index is 1.84. The van der Waals surface area contributed by atoms with Crippen LogP contribution < -0.4 is 10.6 Å². The summed E-state index contributed by atoms with van der Waals surface area (Å²) in [5.74, 6) is -7.25. The van der Waals surface area contributed by atoms with E-state index in [0.717, 1.165) is 6.07 Å². The molecule has 0 aliphatic carbocycles. The van der Waals surface area contributed by atoms with E-state index in [2.05, 4.69) is 10.3 Å². The normalized spacial score (nSPS) is 11.6. The van der Waals surface area contributed by atoms with Gasteiger partial charge in [0.25, 0.3) is 5.91 Å². The zero-order chi connectivity index (χ0) is 20.1. The summed E-state index contributed by atoms with van der Waals surface area (Å²) in [5.41, 5.74) is -0.553. The lowest BCUT2D eigenvalue weighted by Crippen LogP contribution is -2.40. The lowest BCUT2D eigenvalue weighted by molar-refractivity contribution is -0.130. The van der Waals surface area contributed by atoms with Crippen molar-refractivity contribution >= 4 is 35.1 Å². The minimum atomic E-state index is -1.73. The zero-order valence-electron chi connectivity index (χ0n) is 13.7. The van der Waals surface area contributed by atoms with Crippen LogP contribution in [-0.2, 0) is 14.3 Å². The van der Waals surface area contributed by atoms with Crippen LogP contribution in [0.25, 0.3) is 0 Å². The second-order valence-corrected chi connectivity index (χ2v) is 5.70. The van der Waals surface area contributed by atoms with Gasteiger partial charge in [0.2, 0.25) is 5.91 Å². The van der Waals surface area contributed by atoms with Gasteiger partial charge in [0.05, 0.1) is 17.3 Å². The van der Waals surface area contributed by atoms with Crippen molar-refractivity contribution in [2.75, 3.05) is 11.9 Å². The van der Waals surface area contributed by atoms with E-state index in [-0.39, 0.29) is 10.7 Å². The van der Waals surface area contributed by atoms with Gasteiger partial charge >= 0.3 is 5.97 Å². The Labute approximate surface area is 155 Å². The maximum Gasteiger partial charge on any atom is 0.355 e. The quantitative estimate of drug-likeness (QED) is 0.509. The summed E-state index contributed by atoms with van der Waals surface area (Å²) in [4.78, 5) is 37.9. The van der Waals surface area contributed by atoms with Crippen molar-refractivity contribution in [3.63, 3.8) is 0 Å². The van der Waals surface area contributed by atoms with Gasteiger partial charge in [0.1, 0.15) is 5.69 Å². The molecule has 0 bridgehead atoms. The van der Waals surface area contributed by atoms with E-state index in [9.17, 15) is 27.6 Å². The molecule has 1 aromatic heterocycles. The van der Waals surface area contributed by atoms with E-state index in [0.29, 0.717) is 6.07 Å². The average Bonchev–Trinajstić information content (AvgIpc) is 3.06. The highest BCUT2D eigenvalue weighted by molar-refractivity contribution is 6.30. The second-order valence-electron chi connectivity index (χ2n) is 5.27. The number of carbonyl (C=O) groups is 3. The van der Waals surface area contributed by atoms with Crippen molar-refractivity contribution in [1.29, 1.82) is 0 Å². The number of H-pyrrole nitrogens is 1. The van der Waals surface area contributed by atoms with Crippen LogP contribution in [0.1, 0.15) is 17.4 Å². The monoisotopic (exact) mass is 403 g/mol. The Morgan fingerprint density at radius 1 is 1.22 bits per heavy atom. The number of esters is 1. The first-order chi connectivity index (χ1) is 12.7. The molecule has 1 heterocycles. The average molecular weight is 404 g/mol. The molecule has 7 nitrogen and oxygen atoms in total. The van der Waals surface area contributed by atoms with Crippen molar-refractivity contribution in [3.8, 4) is 0 Å². The highest BCUT2D eigenvalue weighted by atomic mass is 35.5. The van der Waals surface area contributed by atoms with E-state index in [1.165, 1.54) is 19.2 Å². The third kappa shape index (κ3) is 5.23. The number of ether oxygens (including phenoxy) is 1. The molecule has 0 aliphatic heterocycles. The number of halogens is 4. The number of benzene rings is 1. The molecule has 2 aromatic rings. The molecule has 1 atom stereocenters. The summed E-state index contributed by atoms with van der Waals surface area (Å²) >= 11 is 5.65. The highest BCUT2D eigenvalue weighted by Crippen LogP contribution is 2.19. The predicted octanol–water partition coefficient (Wildman–Crippen LogP) is 2.39. The SMILES string of the molecule is CC(OC(=O)c1cc(Cl)c[nH]1)C(=O)NCC(=O)Nc1ccc(F)c(F)c1F. The Morgan fingerprint density at radius 3 is 2.56 bits per heavy atom. The lowest BCUT2D eigenvalue weighted by Gasteiger charge is -2.13. The number of amides is 2. The number of carbonyl (C=O) groups excluding carboxylic acids is 3. The van der Waals surface area contributed by atoms with Gasteiger partial charge in [-0.3, -0.25) is 9.59 Å². The van der Waals surface area contributed by atoms with Gasteiger partial charge in [-0.1, -0.05) is 11.6 Å².